The van der Waals surface area contributed by atoms with Gasteiger partial charge in [0.25, 0.3) is 5.89 Å². The van der Waals surface area contributed by atoms with Gasteiger partial charge in [0.15, 0.2) is 6.61 Å². The molecule has 0 atom stereocenters. The summed E-state index contributed by atoms with van der Waals surface area (Å²) in [5.74, 6) is -0.0310. The van der Waals surface area contributed by atoms with Crippen molar-refractivity contribution in [1.29, 1.82) is 5.26 Å². The maximum Gasteiger partial charge on any atom is 0.331 e. The Morgan fingerprint density at radius 1 is 1.15 bits per heavy atom. The van der Waals surface area contributed by atoms with Crippen LogP contribution in [0.2, 0.25) is 5.02 Å². The Balaban J connectivity index is 1.55. The molecule has 0 saturated heterocycles. The van der Waals surface area contributed by atoms with Gasteiger partial charge in [0.05, 0.1) is 11.6 Å². The Morgan fingerprint density at radius 3 is 2.58 bits per heavy atom. The highest BCUT2D eigenvalue weighted by Crippen LogP contribution is 2.20. The van der Waals surface area contributed by atoms with E-state index >= 15 is 0 Å². The van der Waals surface area contributed by atoms with Crippen molar-refractivity contribution in [2.24, 2.45) is 0 Å². The van der Waals surface area contributed by atoms with E-state index in [1.165, 1.54) is 6.08 Å². The number of nitriles is 1. The molecule has 3 rings (SSSR count). The van der Waals surface area contributed by atoms with E-state index in [1.54, 1.807) is 54.6 Å². The number of carbonyl (C=O) groups is 1. The highest BCUT2D eigenvalue weighted by atomic mass is 35.5. The van der Waals surface area contributed by atoms with Gasteiger partial charge in [-0.2, -0.15) is 5.26 Å². The van der Waals surface area contributed by atoms with E-state index in [-0.39, 0.29) is 12.5 Å². The molecule has 0 fully saturated rings. The minimum absolute atomic E-state index is 0.128. The molecular formula is C19H12ClN3O3. The third-order valence-corrected chi connectivity index (χ3v) is 3.60. The van der Waals surface area contributed by atoms with Gasteiger partial charge in [-0.3, -0.25) is 0 Å². The highest BCUT2D eigenvalue weighted by molar-refractivity contribution is 6.30. The van der Waals surface area contributed by atoms with E-state index in [0.717, 1.165) is 11.1 Å². The predicted molar refractivity (Wildman–Crippen MR) is 94.7 cm³/mol. The highest BCUT2D eigenvalue weighted by Gasteiger charge is 2.10. The molecule has 2 aromatic carbocycles. The zero-order valence-corrected chi connectivity index (χ0v) is 14.2. The zero-order chi connectivity index (χ0) is 18.4. The first-order valence-electron chi connectivity index (χ1n) is 7.57. The number of aromatic nitrogens is 2. The van der Waals surface area contributed by atoms with Gasteiger partial charge in [0.2, 0.25) is 5.89 Å². The van der Waals surface area contributed by atoms with Crippen molar-refractivity contribution in [3.05, 3.63) is 76.6 Å². The van der Waals surface area contributed by atoms with Crippen molar-refractivity contribution < 1.29 is 13.9 Å². The Morgan fingerprint density at radius 2 is 1.88 bits per heavy atom. The maximum atomic E-state index is 11.8. The third kappa shape index (κ3) is 4.56. The summed E-state index contributed by atoms with van der Waals surface area (Å²) < 4.78 is 10.5. The number of esters is 1. The second-order valence-corrected chi connectivity index (χ2v) is 5.62. The first kappa shape index (κ1) is 17.4. The number of ether oxygens (including phenoxy) is 1. The molecule has 0 radical (unpaired) electrons. The van der Waals surface area contributed by atoms with Gasteiger partial charge in [0.1, 0.15) is 0 Å². The van der Waals surface area contributed by atoms with Gasteiger partial charge in [-0.1, -0.05) is 23.7 Å². The summed E-state index contributed by atoms with van der Waals surface area (Å²) in [6.07, 6.45) is 2.88. The van der Waals surface area contributed by atoms with Gasteiger partial charge >= 0.3 is 5.97 Å². The fourth-order valence-corrected chi connectivity index (χ4v) is 2.16. The van der Waals surface area contributed by atoms with E-state index in [9.17, 15) is 4.79 Å². The van der Waals surface area contributed by atoms with E-state index in [2.05, 4.69) is 10.2 Å². The van der Waals surface area contributed by atoms with E-state index in [4.69, 9.17) is 26.0 Å². The summed E-state index contributed by atoms with van der Waals surface area (Å²) in [6.45, 7) is -0.128. The van der Waals surface area contributed by atoms with E-state index < -0.39 is 5.97 Å². The monoisotopic (exact) mass is 365 g/mol. The van der Waals surface area contributed by atoms with Crippen LogP contribution in [0.1, 0.15) is 17.0 Å². The SMILES string of the molecule is N#Cc1ccc(/C=C/C(=O)OCc2nnc(-c3ccc(Cl)cc3)o2)cc1. The van der Waals surface area contributed by atoms with Crippen molar-refractivity contribution in [3.63, 3.8) is 0 Å². The van der Waals surface area contributed by atoms with Crippen molar-refractivity contribution in [3.8, 4) is 17.5 Å². The number of nitrogens with zero attached hydrogens (tertiary/aromatic N) is 3. The molecule has 1 aromatic heterocycles. The molecule has 26 heavy (non-hydrogen) atoms. The summed E-state index contributed by atoms with van der Waals surface area (Å²) in [4.78, 5) is 11.8. The molecule has 0 spiro atoms. The van der Waals surface area contributed by atoms with Crippen molar-refractivity contribution >= 4 is 23.6 Å². The topological polar surface area (TPSA) is 89.0 Å². The molecule has 0 aliphatic carbocycles. The summed E-state index contributed by atoms with van der Waals surface area (Å²) in [7, 11) is 0. The second kappa shape index (κ2) is 8.10. The van der Waals surface area contributed by atoms with Crippen LogP contribution in [0.5, 0.6) is 0 Å². The largest absolute Gasteiger partial charge is 0.452 e. The van der Waals surface area contributed by atoms with Crippen molar-refractivity contribution in [2.45, 2.75) is 6.61 Å². The fourth-order valence-electron chi connectivity index (χ4n) is 2.04. The van der Waals surface area contributed by atoms with Gasteiger partial charge in [-0.15, -0.1) is 10.2 Å². The zero-order valence-electron chi connectivity index (χ0n) is 13.4. The standard InChI is InChI=1S/C19H12ClN3O3/c20-16-8-6-15(7-9-16)19-23-22-17(26-19)12-25-18(24)10-5-13-1-3-14(11-21)4-2-13/h1-10H,12H2/b10-5+. The van der Waals surface area contributed by atoms with E-state index in [1.807, 2.05) is 6.07 Å². The molecule has 128 valence electrons. The number of hydrogen-bond donors (Lipinski definition) is 0. The number of benzene rings is 2. The molecule has 0 aliphatic rings. The lowest BCUT2D eigenvalue weighted by Crippen LogP contribution is -2.00. The minimum atomic E-state index is -0.541. The summed E-state index contributed by atoms with van der Waals surface area (Å²) in [5, 5.41) is 17.1. The Kier molecular flexibility index (Phi) is 5.42. The molecule has 1 heterocycles. The first-order chi connectivity index (χ1) is 12.6. The number of carbonyl (C=O) groups excluding carboxylic acids is 1. The number of halogens is 1. The third-order valence-electron chi connectivity index (χ3n) is 3.35. The summed E-state index contributed by atoms with van der Waals surface area (Å²) in [5.41, 5.74) is 2.06. The average Bonchev–Trinajstić information content (AvgIpc) is 3.14. The first-order valence-corrected chi connectivity index (χ1v) is 7.95. The van der Waals surface area contributed by atoms with Crippen LogP contribution >= 0.6 is 11.6 Å². The van der Waals surface area contributed by atoms with Crippen molar-refractivity contribution in [1.82, 2.24) is 10.2 Å². The smallest absolute Gasteiger partial charge is 0.331 e. The Hall–Kier alpha value is -3.43. The molecule has 0 amide bonds. The van der Waals surface area contributed by atoms with Crippen LogP contribution in [0.15, 0.2) is 59.0 Å². The minimum Gasteiger partial charge on any atom is -0.452 e. The quantitative estimate of drug-likeness (QED) is 0.501. The van der Waals surface area contributed by atoms with Gasteiger partial charge in [-0.05, 0) is 48.0 Å². The van der Waals surface area contributed by atoms with Crippen LogP contribution in [-0.2, 0) is 16.1 Å². The Bertz CT molecular complexity index is 971. The summed E-state index contributed by atoms with van der Waals surface area (Å²) >= 11 is 5.83. The summed E-state index contributed by atoms with van der Waals surface area (Å²) in [6, 6.07) is 15.8. The van der Waals surface area contributed by atoms with Crippen LogP contribution in [0.25, 0.3) is 17.5 Å². The Labute approximate surface area is 154 Å². The van der Waals surface area contributed by atoms with Gasteiger partial charge < -0.3 is 9.15 Å². The van der Waals surface area contributed by atoms with E-state index in [0.29, 0.717) is 16.5 Å². The predicted octanol–water partition coefficient (Wildman–Crippen LogP) is 4.02. The number of rotatable bonds is 5. The molecular weight excluding hydrogens is 354 g/mol. The fraction of sp³-hybridized carbons (Fsp3) is 0.0526. The molecule has 3 aromatic rings. The molecule has 0 unspecified atom stereocenters. The maximum absolute atomic E-state index is 11.8. The van der Waals surface area contributed by atoms with Gasteiger partial charge in [0, 0.05) is 16.7 Å². The molecule has 0 bridgehead atoms. The van der Waals surface area contributed by atoms with Crippen LogP contribution < -0.4 is 0 Å². The molecule has 7 heteroatoms. The van der Waals surface area contributed by atoms with Crippen LogP contribution in [0, 0.1) is 11.3 Å². The number of hydrogen-bond acceptors (Lipinski definition) is 6. The van der Waals surface area contributed by atoms with Crippen LogP contribution in [0.4, 0.5) is 0 Å². The van der Waals surface area contributed by atoms with Crippen LogP contribution in [-0.4, -0.2) is 16.2 Å². The lowest BCUT2D eigenvalue weighted by atomic mass is 10.1. The molecule has 0 aliphatic heterocycles. The van der Waals surface area contributed by atoms with Gasteiger partial charge in [-0.25, -0.2) is 4.79 Å². The normalized spacial score (nSPS) is 10.6. The molecule has 0 N–H and O–H groups in total. The lowest BCUT2D eigenvalue weighted by Gasteiger charge is -1.98. The second-order valence-electron chi connectivity index (χ2n) is 5.18. The average molecular weight is 366 g/mol. The van der Waals surface area contributed by atoms with Crippen LogP contribution in [0.3, 0.4) is 0 Å². The molecule has 6 nitrogen and oxygen atoms in total. The lowest BCUT2D eigenvalue weighted by molar-refractivity contribution is -0.139. The van der Waals surface area contributed by atoms with Crippen molar-refractivity contribution in [2.75, 3.05) is 0 Å². The molecule has 0 saturated carbocycles.